The van der Waals surface area contributed by atoms with E-state index in [1.54, 1.807) is 25.1 Å². The van der Waals surface area contributed by atoms with Gasteiger partial charge in [-0.3, -0.25) is 14.4 Å². The number of hydrogen-bond donors (Lipinski definition) is 3. The zero-order valence-corrected chi connectivity index (χ0v) is 27.7. The molecule has 1 heterocycles. The summed E-state index contributed by atoms with van der Waals surface area (Å²) >= 11 is 0. The largest absolute Gasteiger partial charge is 0.494 e. The van der Waals surface area contributed by atoms with E-state index in [0.717, 1.165) is 18.4 Å². The number of nitrogens with zero attached hydrogens (tertiary/aromatic N) is 1. The highest BCUT2D eigenvalue weighted by atomic mass is 19.1. The van der Waals surface area contributed by atoms with Crippen molar-refractivity contribution in [1.29, 1.82) is 0 Å². The van der Waals surface area contributed by atoms with E-state index in [1.807, 2.05) is 56.0 Å². The van der Waals surface area contributed by atoms with Crippen molar-refractivity contribution in [3.8, 4) is 5.75 Å². The second-order valence-corrected chi connectivity index (χ2v) is 12.4. The maximum absolute atomic E-state index is 13.9. The number of carbonyl (C=O) groups excluding carboxylic acids is 3. The third-order valence-corrected chi connectivity index (χ3v) is 8.30. The smallest absolute Gasteiger partial charge is 0.254 e. The summed E-state index contributed by atoms with van der Waals surface area (Å²) in [6, 6.07) is 19.0. The molecule has 0 aromatic heterocycles. The number of nitrogens with two attached hydrogens (primary N) is 1. The Morgan fingerprint density at radius 2 is 1.70 bits per heavy atom. The number of hydrogen-bond acceptors (Lipinski definition) is 6. The SMILES string of the molecule is CCOc1cc(C(=O)N[C@@H](Cc2ccccc2)[C@@H](N)C[C@@H](C)C(=O)Nc2ccc(F)cc2)cc(C(=O)N2CCC[C@@H]2COC(C)C)c1. The van der Waals surface area contributed by atoms with Gasteiger partial charge in [0, 0.05) is 41.4 Å². The van der Waals surface area contributed by atoms with Gasteiger partial charge in [0.15, 0.2) is 0 Å². The van der Waals surface area contributed by atoms with Crippen molar-refractivity contribution in [3.05, 3.63) is 95.3 Å². The minimum absolute atomic E-state index is 0.0339. The number of likely N-dealkylation sites (tertiary alicyclic amines) is 1. The van der Waals surface area contributed by atoms with Gasteiger partial charge < -0.3 is 30.7 Å². The van der Waals surface area contributed by atoms with E-state index in [2.05, 4.69) is 10.6 Å². The van der Waals surface area contributed by atoms with Gasteiger partial charge in [-0.1, -0.05) is 37.3 Å². The van der Waals surface area contributed by atoms with Gasteiger partial charge in [0.25, 0.3) is 11.8 Å². The highest BCUT2D eigenvalue weighted by molar-refractivity contribution is 6.00. The fourth-order valence-corrected chi connectivity index (χ4v) is 5.76. The Morgan fingerprint density at radius 3 is 2.38 bits per heavy atom. The van der Waals surface area contributed by atoms with Crippen molar-refractivity contribution in [1.82, 2.24) is 10.2 Å². The highest BCUT2D eigenvalue weighted by Gasteiger charge is 2.31. The molecule has 1 aliphatic rings. The summed E-state index contributed by atoms with van der Waals surface area (Å²) in [5, 5.41) is 5.89. The molecule has 3 amide bonds. The summed E-state index contributed by atoms with van der Waals surface area (Å²) in [7, 11) is 0. The molecule has 0 radical (unpaired) electrons. The lowest BCUT2D eigenvalue weighted by Crippen LogP contribution is -2.50. The van der Waals surface area contributed by atoms with E-state index in [0.29, 0.717) is 43.2 Å². The molecule has 4 rings (SSSR count). The zero-order chi connectivity index (χ0) is 33.9. The average Bonchev–Trinajstić information content (AvgIpc) is 3.53. The van der Waals surface area contributed by atoms with Crippen LogP contribution >= 0.6 is 0 Å². The van der Waals surface area contributed by atoms with Crippen LogP contribution in [-0.2, 0) is 16.0 Å². The number of nitrogens with one attached hydrogen (secondary N) is 2. The second-order valence-electron chi connectivity index (χ2n) is 12.4. The molecular formula is C37H47FN4O5. The lowest BCUT2D eigenvalue weighted by Gasteiger charge is -2.28. The van der Waals surface area contributed by atoms with Gasteiger partial charge in [0.2, 0.25) is 5.91 Å². The quantitative estimate of drug-likeness (QED) is 0.198. The van der Waals surface area contributed by atoms with Crippen molar-refractivity contribution in [2.24, 2.45) is 11.7 Å². The number of benzene rings is 3. The summed E-state index contributed by atoms with van der Waals surface area (Å²) in [5.41, 5.74) is 8.81. The molecule has 1 saturated heterocycles. The topological polar surface area (TPSA) is 123 Å². The van der Waals surface area contributed by atoms with Gasteiger partial charge in [-0.05, 0) is 94.5 Å². The molecule has 1 fully saturated rings. The van der Waals surface area contributed by atoms with Gasteiger partial charge in [-0.2, -0.15) is 0 Å². The van der Waals surface area contributed by atoms with Crippen molar-refractivity contribution >= 4 is 23.4 Å². The van der Waals surface area contributed by atoms with E-state index in [4.69, 9.17) is 15.2 Å². The van der Waals surface area contributed by atoms with Crippen molar-refractivity contribution in [2.75, 3.05) is 25.1 Å². The van der Waals surface area contributed by atoms with Crippen LogP contribution in [0.15, 0.2) is 72.8 Å². The van der Waals surface area contributed by atoms with Crippen molar-refractivity contribution < 1.29 is 28.2 Å². The first-order valence-electron chi connectivity index (χ1n) is 16.4. The molecule has 10 heteroatoms. The maximum atomic E-state index is 13.9. The maximum Gasteiger partial charge on any atom is 0.254 e. The van der Waals surface area contributed by atoms with Gasteiger partial charge in [0.1, 0.15) is 11.6 Å². The van der Waals surface area contributed by atoms with Crippen LogP contribution in [0.2, 0.25) is 0 Å². The summed E-state index contributed by atoms with van der Waals surface area (Å²) in [6.07, 6.45) is 2.52. The van der Waals surface area contributed by atoms with Crippen molar-refractivity contribution in [2.45, 2.75) is 77.6 Å². The van der Waals surface area contributed by atoms with Crippen LogP contribution in [0, 0.1) is 11.7 Å². The van der Waals surface area contributed by atoms with Crippen molar-refractivity contribution in [3.63, 3.8) is 0 Å². The monoisotopic (exact) mass is 646 g/mol. The molecule has 9 nitrogen and oxygen atoms in total. The lowest BCUT2D eigenvalue weighted by molar-refractivity contribution is -0.119. The highest BCUT2D eigenvalue weighted by Crippen LogP contribution is 2.25. The number of rotatable bonds is 15. The zero-order valence-electron chi connectivity index (χ0n) is 27.7. The standard InChI is InChI=1S/C37H47FN4O5/c1-5-46-32-21-27(20-28(22-32)37(45)42-17-9-12-31(42)23-47-24(2)3)36(44)41-34(19-26-10-7-6-8-11-26)33(39)18-25(4)35(43)40-30-15-13-29(38)14-16-30/h6-8,10-11,13-16,20-22,24-25,31,33-34H,5,9,12,17-19,23,39H2,1-4H3,(H,40,43)(H,41,44)/t25-,31-,33+,34+/m1/s1. The summed E-state index contributed by atoms with van der Waals surface area (Å²) < 4.78 is 24.9. The first kappa shape index (κ1) is 35.6. The molecule has 0 unspecified atom stereocenters. The third-order valence-electron chi connectivity index (χ3n) is 8.30. The molecule has 0 spiro atoms. The minimum Gasteiger partial charge on any atom is -0.494 e. The number of amides is 3. The van der Waals surface area contributed by atoms with Gasteiger partial charge in [0.05, 0.1) is 25.4 Å². The van der Waals surface area contributed by atoms with Crippen LogP contribution in [-0.4, -0.2) is 66.6 Å². The molecular weight excluding hydrogens is 599 g/mol. The summed E-state index contributed by atoms with van der Waals surface area (Å²) in [5.74, 6) is -1.30. The number of halogens is 1. The molecule has 47 heavy (non-hydrogen) atoms. The molecule has 252 valence electrons. The van der Waals surface area contributed by atoms with Crippen LogP contribution in [0.5, 0.6) is 5.75 Å². The Morgan fingerprint density at radius 1 is 1.00 bits per heavy atom. The van der Waals surface area contributed by atoms with E-state index in [9.17, 15) is 18.8 Å². The number of ether oxygens (including phenoxy) is 2. The molecule has 0 saturated carbocycles. The Kier molecular flexibility index (Phi) is 12.9. The average molecular weight is 647 g/mol. The predicted molar refractivity (Wildman–Crippen MR) is 181 cm³/mol. The first-order chi connectivity index (χ1) is 22.5. The van der Waals surface area contributed by atoms with Crippen LogP contribution < -0.4 is 21.1 Å². The summed E-state index contributed by atoms with van der Waals surface area (Å²) in [6.45, 7) is 8.99. The van der Waals surface area contributed by atoms with E-state index >= 15 is 0 Å². The molecule has 4 atom stereocenters. The second kappa shape index (κ2) is 17.0. The molecule has 4 N–H and O–H groups in total. The fourth-order valence-electron chi connectivity index (χ4n) is 5.76. The Hall–Kier alpha value is -4.28. The van der Waals surface area contributed by atoms with Gasteiger partial charge in [-0.15, -0.1) is 0 Å². The van der Waals surface area contributed by atoms with Crippen LogP contribution in [0.1, 0.15) is 73.2 Å². The van der Waals surface area contributed by atoms with Crippen LogP contribution in [0.3, 0.4) is 0 Å². The molecule has 3 aromatic rings. The van der Waals surface area contributed by atoms with E-state index < -0.39 is 29.7 Å². The van der Waals surface area contributed by atoms with E-state index in [1.165, 1.54) is 24.3 Å². The third kappa shape index (κ3) is 10.4. The van der Waals surface area contributed by atoms with E-state index in [-0.39, 0.29) is 35.9 Å². The predicted octanol–water partition coefficient (Wildman–Crippen LogP) is 5.59. The minimum atomic E-state index is -0.587. The fraction of sp³-hybridized carbons (Fsp3) is 0.432. The van der Waals surface area contributed by atoms with Gasteiger partial charge >= 0.3 is 0 Å². The lowest BCUT2D eigenvalue weighted by atomic mass is 9.91. The normalized spacial score (nSPS) is 16.4. The summed E-state index contributed by atoms with van der Waals surface area (Å²) in [4.78, 5) is 42.4. The van der Waals surface area contributed by atoms with Crippen LogP contribution in [0.4, 0.5) is 10.1 Å². The Balaban J connectivity index is 1.53. The Labute approximate surface area is 277 Å². The Bertz CT molecular complexity index is 1480. The molecule has 1 aliphatic heterocycles. The molecule has 3 aromatic carbocycles. The number of anilines is 1. The number of carbonyl (C=O) groups is 3. The first-order valence-corrected chi connectivity index (χ1v) is 16.4. The van der Waals surface area contributed by atoms with Crippen LogP contribution in [0.25, 0.3) is 0 Å². The molecule has 0 bridgehead atoms. The van der Waals surface area contributed by atoms with Gasteiger partial charge in [-0.25, -0.2) is 4.39 Å². The molecule has 0 aliphatic carbocycles.